The number of carbonyl (C=O) groups is 1. The van der Waals surface area contributed by atoms with Gasteiger partial charge in [0.1, 0.15) is 0 Å². The Labute approximate surface area is 165 Å². The molecule has 4 rings (SSSR count). The SMILES string of the molecule is COc1cccc([C@H]2Nc3ccccc3NC3=C2C(=O)CC(C)(C)C3)c1OC. The third-order valence-electron chi connectivity index (χ3n) is 5.47. The molecular formula is C23H26N2O3. The first kappa shape index (κ1) is 18.4. The molecule has 0 spiro atoms. The molecule has 0 bridgehead atoms. The summed E-state index contributed by atoms with van der Waals surface area (Å²) in [6, 6.07) is 13.5. The van der Waals surface area contributed by atoms with Gasteiger partial charge in [-0.2, -0.15) is 0 Å². The minimum atomic E-state index is -0.320. The van der Waals surface area contributed by atoms with Gasteiger partial charge >= 0.3 is 0 Å². The number of carbonyl (C=O) groups excluding carboxylic acids is 1. The van der Waals surface area contributed by atoms with Crippen LogP contribution in [0.3, 0.4) is 0 Å². The van der Waals surface area contributed by atoms with Gasteiger partial charge in [-0.1, -0.05) is 38.1 Å². The van der Waals surface area contributed by atoms with Crippen molar-refractivity contribution in [2.45, 2.75) is 32.7 Å². The lowest BCUT2D eigenvalue weighted by Crippen LogP contribution is -2.31. The first-order chi connectivity index (χ1) is 13.4. The number of benzene rings is 2. The molecule has 1 aliphatic heterocycles. The summed E-state index contributed by atoms with van der Waals surface area (Å²) in [5.74, 6) is 1.46. The number of Topliss-reactive ketones (excluding diaryl/α,β-unsaturated/α-hetero) is 1. The van der Waals surface area contributed by atoms with Crippen LogP contribution in [0.5, 0.6) is 11.5 Å². The molecule has 2 N–H and O–H groups in total. The van der Waals surface area contributed by atoms with E-state index in [0.717, 1.165) is 34.6 Å². The molecule has 146 valence electrons. The standard InChI is InChI=1S/C23H26N2O3/c1-23(2)12-17-20(18(26)13-23)21(25-16-10-6-5-9-15(16)24-17)14-8-7-11-19(27-3)22(14)28-4/h5-11,21,24-25H,12-13H2,1-4H3/t21-/m1/s1. The summed E-state index contributed by atoms with van der Waals surface area (Å²) >= 11 is 0. The van der Waals surface area contributed by atoms with Crippen molar-refractivity contribution >= 4 is 17.2 Å². The first-order valence-corrected chi connectivity index (χ1v) is 9.53. The molecule has 2 aromatic rings. The quantitative estimate of drug-likeness (QED) is 0.793. The third kappa shape index (κ3) is 3.11. The van der Waals surface area contributed by atoms with Gasteiger partial charge in [0.25, 0.3) is 0 Å². The average molecular weight is 378 g/mol. The number of fused-ring (bicyclic) bond motifs is 1. The van der Waals surface area contributed by atoms with Crippen molar-refractivity contribution in [1.82, 2.24) is 0 Å². The van der Waals surface area contributed by atoms with Gasteiger partial charge in [0, 0.05) is 23.3 Å². The molecular weight excluding hydrogens is 352 g/mol. The molecule has 28 heavy (non-hydrogen) atoms. The molecule has 0 aromatic heterocycles. The van der Waals surface area contributed by atoms with Gasteiger partial charge in [0.05, 0.1) is 31.6 Å². The maximum Gasteiger partial charge on any atom is 0.166 e. The zero-order valence-corrected chi connectivity index (χ0v) is 16.8. The molecule has 2 aliphatic rings. The van der Waals surface area contributed by atoms with Crippen LogP contribution >= 0.6 is 0 Å². The van der Waals surface area contributed by atoms with E-state index in [1.54, 1.807) is 14.2 Å². The number of ether oxygens (including phenoxy) is 2. The van der Waals surface area contributed by atoms with Crippen molar-refractivity contribution < 1.29 is 14.3 Å². The normalized spacial score (nSPS) is 20.3. The molecule has 0 saturated carbocycles. The monoisotopic (exact) mass is 378 g/mol. The lowest BCUT2D eigenvalue weighted by molar-refractivity contribution is -0.118. The maximum atomic E-state index is 13.3. The second-order valence-electron chi connectivity index (χ2n) is 8.16. The Morgan fingerprint density at radius 2 is 1.71 bits per heavy atom. The molecule has 0 unspecified atom stereocenters. The van der Waals surface area contributed by atoms with Gasteiger partial charge in [-0.25, -0.2) is 0 Å². The molecule has 1 aliphatic carbocycles. The number of methoxy groups -OCH3 is 2. The van der Waals surface area contributed by atoms with Crippen molar-refractivity contribution in [3.8, 4) is 11.5 Å². The van der Waals surface area contributed by atoms with Crippen molar-refractivity contribution in [1.29, 1.82) is 0 Å². The van der Waals surface area contributed by atoms with E-state index in [0.29, 0.717) is 17.9 Å². The second kappa shape index (κ2) is 6.89. The van der Waals surface area contributed by atoms with Crippen molar-refractivity contribution in [2.24, 2.45) is 5.41 Å². The van der Waals surface area contributed by atoms with Crippen molar-refractivity contribution in [2.75, 3.05) is 24.9 Å². The van der Waals surface area contributed by atoms with Crippen LogP contribution in [-0.2, 0) is 4.79 Å². The summed E-state index contributed by atoms with van der Waals surface area (Å²) in [4.78, 5) is 13.3. The van der Waals surface area contributed by atoms with Crippen molar-refractivity contribution in [3.63, 3.8) is 0 Å². The fourth-order valence-corrected chi connectivity index (χ4v) is 4.26. The lowest BCUT2D eigenvalue weighted by Gasteiger charge is -2.34. The van der Waals surface area contributed by atoms with Gasteiger partial charge in [-0.05, 0) is 30.0 Å². The molecule has 1 heterocycles. The Hall–Kier alpha value is -2.95. The van der Waals surface area contributed by atoms with E-state index in [9.17, 15) is 4.79 Å². The second-order valence-corrected chi connectivity index (χ2v) is 8.16. The van der Waals surface area contributed by atoms with Crippen LogP contribution in [-0.4, -0.2) is 20.0 Å². The summed E-state index contributed by atoms with van der Waals surface area (Å²) in [6.07, 6.45) is 1.33. The van der Waals surface area contributed by atoms with Gasteiger partial charge in [0.2, 0.25) is 0 Å². The Morgan fingerprint density at radius 3 is 2.43 bits per heavy atom. The zero-order valence-electron chi connectivity index (χ0n) is 16.8. The molecule has 2 aromatic carbocycles. The highest BCUT2D eigenvalue weighted by Crippen LogP contribution is 2.48. The summed E-state index contributed by atoms with van der Waals surface area (Å²) in [6.45, 7) is 4.28. The van der Waals surface area contributed by atoms with Crippen LogP contribution in [0.4, 0.5) is 11.4 Å². The van der Waals surface area contributed by atoms with Gasteiger partial charge in [0.15, 0.2) is 17.3 Å². The highest BCUT2D eigenvalue weighted by molar-refractivity contribution is 6.01. The Morgan fingerprint density at radius 1 is 0.964 bits per heavy atom. The van der Waals surface area contributed by atoms with Crippen LogP contribution in [0.2, 0.25) is 0 Å². The van der Waals surface area contributed by atoms with E-state index in [2.05, 4.69) is 24.5 Å². The number of allylic oxidation sites excluding steroid dienone is 1. The first-order valence-electron chi connectivity index (χ1n) is 9.53. The van der Waals surface area contributed by atoms with Crippen LogP contribution in [0.1, 0.15) is 38.3 Å². The van der Waals surface area contributed by atoms with E-state index in [1.165, 1.54) is 0 Å². The van der Waals surface area contributed by atoms with Crippen LogP contribution < -0.4 is 20.1 Å². The molecule has 1 atom stereocenters. The maximum absolute atomic E-state index is 13.3. The van der Waals surface area contributed by atoms with Gasteiger partial charge in [-0.3, -0.25) is 4.79 Å². The Kier molecular flexibility index (Phi) is 4.53. The highest BCUT2D eigenvalue weighted by atomic mass is 16.5. The number of rotatable bonds is 3. The van der Waals surface area contributed by atoms with Gasteiger partial charge in [-0.15, -0.1) is 0 Å². The lowest BCUT2D eigenvalue weighted by atomic mass is 9.73. The molecule has 0 saturated heterocycles. The largest absolute Gasteiger partial charge is 0.493 e. The predicted octanol–water partition coefficient (Wildman–Crippen LogP) is 4.93. The number of anilines is 2. The molecule has 0 amide bonds. The van der Waals surface area contributed by atoms with E-state index in [1.807, 2.05) is 42.5 Å². The van der Waals surface area contributed by atoms with E-state index in [4.69, 9.17) is 9.47 Å². The summed E-state index contributed by atoms with van der Waals surface area (Å²) in [5.41, 5.74) is 4.50. The number of para-hydroxylation sites is 3. The summed E-state index contributed by atoms with van der Waals surface area (Å²) in [5, 5.41) is 7.12. The average Bonchev–Trinajstić information content (AvgIpc) is 2.82. The minimum Gasteiger partial charge on any atom is -0.493 e. The van der Waals surface area contributed by atoms with Gasteiger partial charge < -0.3 is 20.1 Å². The number of nitrogens with one attached hydrogen (secondary N) is 2. The van der Waals surface area contributed by atoms with E-state index in [-0.39, 0.29) is 17.2 Å². The summed E-state index contributed by atoms with van der Waals surface area (Å²) < 4.78 is 11.2. The predicted molar refractivity (Wildman–Crippen MR) is 111 cm³/mol. The minimum absolute atomic E-state index is 0.0782. The van der Waals surface area contributed by atoms with Crippen molar-refractivity contribution in [3.05, 3.63) is 59.3 Å². The highest BCUT2D eigenvalue weighted by Gasteiger charge is 2.39. The molecule has 0 fully saturated rings. The zero-order chi connectivity index (χ0) is 19.9. The Bertz CT molecular complexity index is 962. The van der Waals surface area contributed by atoms with Crippen LogP contribution in [0.15, 0.2) is 53.7 Å². The number of hydrogen-bond acceptors (Lipinski definition) is 5. The topological polar surface area (TPSA) is 59.6 Å². The van der Waals surface area contributed by atoms with E-state index >= 15 is 0 Å². The number of ketones is 1. The Balaban J connectivity index is 1.93. The fourth-order valence-electron chi connectivity index (χ4n) is 4.26. The third-order valence-corrected chi connectivity index (χ3v) is 5.47. The molecule has 5 heteroatoms. The van der Waals surface area contributed by atoms with Crippen LogP contribution in [0.25, 0.3) is 0 Å². The van der Waals surface area contributed by atoms with E-state index < -0.39 is 0 Å². The fraction of sp³-hybridized carbons (Fsp3) is 0.348. The number of hydrogen-bond donors (Lipinski definition) is 2. The molecule has 5 nitrogen and oxygen atoms in total. The smallest absolute Gasteiger partial charge is 0.166 e. The molecule has 0 radical (unpaired) electrons. The summed E-state index contributed by atoms with van der Waals surface area (Å²) in [7, 11) is 3.25. The van der Waals surface area contributed by atoms with Crippen LogP contribution in [0, 0.1) is 5.41 Å².